The molecule has 0 radical (unpaired) electrons. The fourth-order valence-electron chi connectivity index (χ4n) is 3.24. The van der Waals surface area contributed by atoms with Crippen molar-refractivity contribution in [1.82, 2.24) is 5.32 Å². The van der Waals surface area contributed by atoms with Gasteiger partial charge in [-0.3, -0.25) is 10.1 Å². The van der Waals surface area contributed by atoms with Gasteiger partial charge >= 0.3 is 0 Å². The standard InChI is InChI=1S/C23H23NO/c1-18(19(2)25)24-23(20-12-6-3-7-13-20,21-14-8-4-9-15-21)22-16-10-5-11-17-22/h3-18,24H,1-2H3. The lowest BCUT2D eigenvalue weighted by atomic mass is 9.76. The first-order valence-electron chi connectivity index (χ1n) is 8.59. The van der Waals surface area contributed by atoms with Crippen LogP contribution < -0.4 is 5.32 Å². The zero-order valence-electron chi connectivity index (χ0n) is 14.6. The second-order valence-corrected chi connectivity index (χ2v) is 6.32. The van der Waals surface area contributed by atoms with E-state index in [1.54, 1.807) is 6.92 Å². The summed E-state index contributed by atoms with van der Waals surface area (Å²) in [6.45, 7) is 3.55. The van der Waals surface area contributed by atoms with E-state index in [2.05, 4.69) is 41.7 Å². The molecule has 0 bridgehead atoms. The Hall–Kier alpha value is -2.71. The summed E-state index contributed by atoms with van der Waals surface area (Å²) in [6, 6.07) is 30.7. The molecule has 126 valence electrons. The number of benzene rings is 3. The van der Waals surface area contributed by atoms with E-state index in [0.717, 1.165) is 16.7 Å². The van der Waals surface area contributed by atoms with Gasteiger partial charge in [0.05, 0.1) is 11.6 Å². The quantitative estimate of drug-likeness (QED) is 0.672. The third-order valence-corrected chi connectivity index (χ3v) is 4.66. The second-order valence-electron chi connectivity index (χ2n) is 6.32. The van der Waals surface area contributed by atoms with Crippen molar-refractivity contribution in [3.63, 3.8) is 0 Å². The Morgan fingerprint density at radius 1 is 0.720 bits per heavy atom. The summed E-state index contributed by atoms with van der Waals surface area (Å²) in [4.78, 5) is 12.1. The molecule has 25 heavy (non-hydrogen) atoms. The van der Waals surface area contributed by atoms with Gasteiger partial charge < -0.3 is 0 Å². The largest absolute Gasteiger partial charge is 0.298 e. The number of carbonyl (C=O) groups excluding carboxylic acids is 1. The van der Waals surface area contributed by atoms with Crippen LogP contribution in [0.25, 0.3) is 0 Å². The van der Waals surface area contributed by atoms with Gasteiger partial charge in [0, 0.05) is 0 Å². The van der Waals surface area contributed by atoms with E-state index in [1.807, 2.05) is 61.5 Å². The predicted octanol–water partition coefficient (Wildman–Crippen LogP) is 4.55. The molecule has 1 N–H and O–H groups in total. The summed E-state index contributed by atoms with van der Waals surface area (Å²) >= 11 is 0. The molecule has 0 aliphatic carbocycles. The maximum Gasteiger partial charge on any atom is 0.146 e. The zero-order valence-corrected chi connectivity index (χ0v) is 14.6. The lowest BCUT2D eigenvalue weighted by Gasteiger charge is -2.39. The van der Waals surface area contributed by atoms with Crippen molar-refractivity contribution >= 4 is 5.78 Å². The highest BCUT2D eigenvalue weighted by Gasteiger charge is 2.37. The lowest BCUT2D eigenvalue weighted by molar-refractivity contribution is -0.118. The molecular weight excluding hydrogens is 306 g/mol. The molecule has 1 unspecified atom stereocenters. The molecule has 2 nitrogen and oxygen atoms in total. The Bertz CT molecular complexity index is 716. The number of carbonyl (C=O) groups is 1. The summed E-state index contributed by atoms with van der Waals surface area (Å²) in [7, 11) is 0. The van der Waals surface area contributed by atoms with Gasteiger partial charge in [-0.25, -0.2) is 0 Å². The van der Waals surface area contributed by atoms with Crippen molar-refractivity contribution in [2.75, 3.05) is 0 Å². The molecule has 1 atom stereocenters. The summed E-state index contributed by atoms with van der Waals surface area (Å²) < 4.78 is 0. The molecule has 0 saturated carbocycles. The maximum atomic E-state index is 12.1. The van der Waals surface area contributed by atoms with Gasteiger partial charge in [-0.05, 0) is 30.5 Å². The molecular formula is C23H23NO. The molecule has 0 spiro atoms. The van der Waals surface area contributed by atoms with Crippen molar-refractivity contribution in [1.29, 1.82) is 0 Å². The van der Waals surface area contributed by atoms with Crippen LogP contribution in [0.5, 0.6) is 0 Å². The summed E-state index contributed by atoms with van der Waals surface area (Å²) in [5.74, 6) is 0.118. The van der Waals surface area contributed by atoms with Crippen LogP contribution in [0.1, 0.15) is 30.5 Å². The van der Waals surface area contributed by atoms with Crippen LogP contribution in [0.15, 0.2) is 91.0 Å². The Labute approximate surface area is 149 Å². The fraction of sp³-hybridized carbons (Fsp3) is 0.174. The van der Waals surface area contributed by atoms with Crippen LogP contribution >= 0.6 is 0 Å². The van der Waals surface area contributed by atoms with E-state index < -0.39 is 5.54 Å². The van der Waals surface area contributed by atoms with Crippen LogP contribution in [0.4, 0.5) is 0 Å². The first kappa shape index (κ1) is 17.1. The zero-order chi connectivity index (χ0) is 17.7. The number of Topliss-reactive ketones (excluding diaryl/α,β-unsaturated/α-hetero) is 1. The average Bonchev–Trinajstić information content (AvgIpc) is 2.68. The fourth-order valence-corrected chi connectivity index (χ4v) is 3.24. The molecule has 0 aromatic heterocycles. The van der Waals surface area contributed by atoms with Crippen LogP contribution in [-0.2, 0) is 10.3 Å². The maximum absolute atomic E-state index is 12.1. The summed E-state index contributed by atoms with van der Waals surface area (Å²) in [5, 5.41) is 3.63. The van der Waals surface area contributed by atoms with E-state index >= 15 is 0 Å². The minimum atomic E-state index is -0.588. The van der Waals surface area contributed by atoms with Gasteiger partial charge in [-0.2, -0.15) is 0 Å². The van der Waals surface area contributed by atoms with Crippen molar-refractivity contribution < 1.29 is 4.79 Å². The van der Waals surface area contributed by atoms with Crippen LogP contribution in [0.2, 0.25) is 0 Å². The number of ketones is 1. The summed E-state index contributed by atoms with van der Waals surface area (Å²) in [5.41, 5.74) is 2.75. The number of hydrogen-bond donors (Lipinski definition) is 1. The molecule has 0 heterocycles. The third kappa shape index (κ3) is 3.40. The van der Waals surface area contributed by atoms with E-state index in [4.69, 9.17) is 0 Å². The highest BCUT2D eigenvalue weighted by atomic mass is 16.1. The van der Waals surface area contributed by atoms with E-state index in [9.17, 15) is 4.79 Å². The minimum absolute atomic E-state index is 0.118. The number of hydrogen-bond acceptors (Lipinski definition) is 2. The monoisotopic (exact) mass is 329 g/mol. The van der Waals surface area contributed by atoms with Crippen LogP contribution in [-0.4, -0.2) is 11.8 Å². The average molecular weight is 329 g/mol. The first-order chi connectivity index (χ1) is 12.1. The Morgan fingerprint density at radius 3 is 1.32 bits per heavy atom. The van der Waals surface area contributed by atoms with E-state index in [1.165, 1.54) is 0 Å². The summed E-state index contributed by atoms with van der Waals surface area (Å²) in [6.07, 6.45) is 0. The molecule has 0 saturated heterocycles. The van der Waals surface area contributed by atoms with Gasteiger partial charge in [-0.15, -0.1) is 0 Å². The molecule has 2 heteroatoms. The molecule has 3 rings (SSSR count). The normalized spacial score (nSPS) is 12.6. The van der Waals surface area contributed by atoms with Gasteiger partial charge in [0.15, 0.2) is 0 Å². The molecule has 0 fully saturated rings. The van der Waals surface area contributed by atoms with Crippen molar-refractivity contribution in [2.45, 2.75) is 25.4 Å². The lowest BCUT2D eigenvalue weighted by Crippen LogP contribution is -2.51. The van der Waals surface area contributed by atoms with Crippen LogP contribution in [0, 0.1) is 0 Å². The Kier molecular flexibility index (Phi) is 5.11. The van der Waals surface area contributed by atoms with Gasteiger partial charge in [-0.1, -0.05) is 91.0 Å². The van der Waals surface area contributed by atoms with E-state index in [0.29, 0.717) is 0 Å². The Balaban J connectivity index is 2.29. The highest BCUT2D eigenvalue weighted by Crippen LogP contribution is 2.37. The van der Waals surface area contributed by atoms with Crippen molar-refractivity contribution in [2.24, 2.45) is 0 Å². The number of nitrogens with one attached hydrogen (secondary N) is 1. The van der Waals surface area contributed by atoms with Gasteiger partial charge in [0.25, 0.3) is 0 Å². The SMILES string of the molecule is CC(=O)C(C)NC(c1ccccc1)(c1ccccc1)c1ccccc1. The molecule has 3 aromatic carbocycles. The first-order valence-corrected chi connectivity index (χ1v) is 8.59. The predicted molar refractivity (Wildman–Crippen MR) is 102 cm³/mol. The molecule has 0 amide bonds. The number of rotatable bonds is 6. The van der Waals surface area contributed by atoms with Crippen molar-refractivity contribution in [3.05, 3.63) is 108 Å². The van der Waals surface area contributed by atoms with Crippen LogP contribution in [0.3, 0.4) is 0 Å². The third-order valence-electron chi connectivity index (χ3n) is 4.66. The van der Waals surface area contributed by atoms with Gasteiger partial charge in [0.1, 0.15) is 5.78 Å². The van der Waals surface area contributed by atoms with Gasteiger partial charge in [0.2, 0.25) is 0 Å². The molecule has 0 aliphatic heterocycles. The second kappa shape index (κ2) is 7.45. The van der Waals surface area contributed by atoms with Crippen molar-refractivity contribution in [3.8, 4) is 0 Å². The highest BCUT2D eigenvalue weighted by molar-refractivity contribution is 5.81. The Morgan fingerprint density at radius 2 is 1.04 bits per heavy atom. The van der Waals surface area contributed by atoms with E-state index in [-0.39, 0.29) is 11.8 Å². The topological polar surface area (TPSA) is 29.1 Å². The smallest absolute Gasteiger partial charge is 0.146 e. The molecule has 3 aromatic rings. The minimum Gasteiger partial charge on any atom is -0.298 e. The molecule has 0 aliphatic rings.